The maximum atomic E-state index is 12.2. The fourth-order valence-electron chi connectivity index (χ4n) is 2.18. The number of ether oxygens (including phenoxy) is 2. The molecule has 2 heterocycles. The Morgan fingerprint density at radius 3 is 2.68 bits per heavy atom. The normalized spacial score (nSPS) is 10.5. The first-order valence-electron chi connectivity index (χ1n) is 7.39. The quantitative estimate of drug-likeness (QED) is 0.651. The van der Waals surface area contributed by atoms with E-state index < -0.39 is 0 Å². The maximum Gasteiger partial charge on any atom is 0.234 e. The Bertz CT molecular complexity index is 847. The lowest BCUT2D eigenvalue weighted by Crippen LogP contribution is -2.15. The Labute approximate surface area is 148 Å². The molecule has 0 aliphatic carbocycles. The molecule has 0 saturated carbocycles. The highest BCUT2D eigenvalue weighted by Crippen LogP contribution is 2.29. The van der Waals surface area contributed by atoms with E-state index in [9.17, 15) is 4.79 Å². The van der Waals surface area contributed by atoms with E-state index >= 15 is 0 Å². The molecule has 1 amide bonds. The van der Waals surface area contributed by atoms with Crippen LogP contribution in [-0.2, 0) is 4.79 Å². The number of methoxy groups -OCH3 is 2. The number of amides is 1. The number of nitrogens with one attached hydrogen (secondary N) is 1. The lowest BCUT2D eigenvalue weighted by atomic mass is 10.2. The Kier molecular flexibility index (Phi) is 5.24. The van der Waals surface area contributed by atoms with Crippen molar-refractivity contribution in [2.75, 3.05) is 25.3 Å². The number of anilines is 1. The standard InChI is InChI=1S/C16H17N5O3S/c1-23-13-6-5-12(9-14(13)24-2)18-15(22)10-25-16-19-17-11-21(16)20-7-3-4-8-20/h3-9,11H,10H2,1-2H3,(H,18,22). The summed E-state index contributed by atoms with van der Waals surface area (Å²) in [6.45, 7) is 0. The van der Waals surface area contributed by atoms with Gasteiger partial charge in [-0.25, -0.2) is 4.68 Å². The van der Waals surface area contributed by atoms with Gasteiger partial charge >= 0.3 is 0 Å². The number of thioether (sulfide) groups is 1. The van der Waals surface area contributed by atoms with Crippen molar-refractivity contribution in [3.05, 3.63) is 49.1 Å². The summed E-state index contributed by atoms with van der Waals surface area (Å²) in [5.74, 6) is 1.21. The van der Waals surface area contributed by atoms with E-state index in [0.29, 0.717) is 22.3 Å². The summed E-state index contributed by atoms with van der Waals surface area (Å²) in [5, 5.41) is 11.4. The molecule has 0 aliphatic rings. The molecular formula is C16H17N5O3S. The first kappa shape index (κ1) is 16.9. The number of carbonyl (C=O) groups excluding carboxylic acids is 1. The van der Waals surface area contributed by atoms with Crippen LogP contribution < -0.4 is 14.8 Å². The molecule has 0 unspecified atom stereocenters. The number of benzene rings is 1. The molecule has 1 aromatic carbocycles. The average molecular weight is 359 g/mol. The number of hydrogen-bond acceptors (Lipinski definition) is 6. The third-order valence-electron chi connectivity index (χ3n) is 3.34. The summed E-state index contributed by atoms with van der Waals surface area (Å²) in [6, 6.07) is 9.01. The zero-order valence-corrected chi connectivity index (χ0v) is 14.6. The molecule has 0 radical (unpaired) electrons. The molecule has 0 saturated heterocycles. The molecule has 0 spiro atoms. The van der Waals surface area contributed by atoms with Crippen molar-refractivity contribution < 1.29 is 14.3 Å². The van der Waals surface area contributed by atoms with Crippen LogP contribution in [0.2, 0.25) is 0 Å². The molecule has 1 N–H and O–H groups in total. The molecule has 0 fully saturated rings. The summed E-state index contributed by atoms with van der Waals surface area (Å²) < 4.78 is 14.0. The second kappa shape index (κ2) is 7.75. The third kappa shape index (κ3) is 3.94. The fourth-order valence-corrected chi connectivity index (χ4v) is 2.89. The van der Waals surface area contributed by atoms with Crippen LogP contribution in [0.25, 0.3) is 0 Å². The van der Waals surface area contributed by atoms with Crippen molar-refractivity contribution >= 4 is 23.4 Å². The van der Waals surface area contributed by atoms with Crippen molar-refractivity contribution in [1.82, 2.24) is 19.5 Å². The lowest BCUT2D eigenvalue weighted by Gasteiger charge is -2.10. The summed E-state index contributed by atoms with van der Waals surface area (Å²) in [4.78, 5) is 12.2. The zero-order chi connectivity index (χ0) is 17.6. The van der Waals surface area contributed by atoms with Crippen molar-refractivity contribution in [3.8, 4) is 11.5 Å². The molecule has 130 valence electrons. The number of aromatic nitrogens is 4. The Balaban J connectivity index is 1.62. The van der Waals surface area contributed by atoms with Gasteiger partial charge in [-0.05, 0) is 24.3 Å². The van der Waals surface area contributed by atoms with Gasteiger partial charge < -0.3 is 14.8 Å². The minimum absolute atomic E-state index is 0.153. The van der Waals surface area contributed by atoms with Crippen molar-refractivity contribution in [2.24, 2.45) is 0 Å². The van der Waals surface area contributed by atoms with Crippen LogP contribution in [0.1, 0.15) is 0 Å². The molecule has 2 aromatic heterocycles. The van der Waals surface area contributed by atoms with Crippen molar-refractivity contribution in [2.45, 2.75) is 5.16 Å². The monoisotopic (exact) mass is 359 g/mol. The number of rotatable bonds is 7. The van der Waals surface area contributed by atoms with Gasteiger partial charge in [-0.3, -0.25) is 9.47 Å². The Hall–Kier alpha value is -2.94. The number of nitrogens with zero attached hydrogens (tertiary/aromatic N) is 4. The summed E-state index contributed by atoms with van der Waals surface area (Å²) >= 11 is 1.30. The van der Waals surface area contributed by atoms with Gasteiger partial charge in [0.05, 0.1) is 20.0 Å². The highest BCUT2D eigenvalue weighted by molar-refractivity contribution is 7.99. The van der Waals surface area contributed by atoms with Crippen LogP contribution in [0, 0.1) is 0 Å². The van der Waals surface area contributed by atoms with E-state index in [1.165, 1.54) is 11.8 Å². The average Bonchev–Trinajstić information content (AvgIpc) is 3.30. The molecule has 3 rings (SSSR count). The van der Waals surface area contributed by atoms with Gasteiger partial charge in [0.2, 0.25) is 11.1 Å². The smallest absolute Gasteiger partial charge is 0.234 e. The summed E-state index contributed by atoms with van der Waals surface area (Å²) in [5.41, 5.74) is 0.634. The highest BCUT2D eigenvalue weighted by atomic mass is 32.2. The third-order valence-corrected chi connectivity index (χ3v) is 4.27. The van der Waals surface area contributed by atoms with Gasteiger partial charge in [0.1, 0.15) is 6.33 Å². The van der Waals surface area contributed by atoms with Gasteiger partial charge in [0, 0.05) is 24.1 Å². The highest BCUT2D eigenvalue weighted by Gasteiger charge is 2.11. The van der Waals surface area contributed by atoms with E-state index in [1.54, 1.807) is 43.4 Å². The number of carbonyl (C=O) groups is 1. The minimum atomic E-state index is -0.153. The van der Waals surface area contributed by atoms with Crippen LogP contribution in [-0.4, -0.2) is 45.4 Å². The number of hydrogen-bond donors (Lipinski definition) is 1. The van der Waals surface area contributed by atoms with E-state index in [2.05, 4.69) is 15.5 Å². The largest absolute Gasteiger partial charge is 0.493 e. The molecule has 9 heteroatoms. The molecule has 0 bridgehead atoms. The van der Waals surface area contributed by atoms with Gasteiger partial charge in [-0.1, -0.05) is 11.8 Å². The summed E-state index contributed by atoms with van der Waals surface area (Å²) in [6.07, 6.45) is 5.34. The SMILES string of the molecule is COc1ccc(NC(=O)CSc2nncn2-n2cccc2)cc1OC. The van der Waals surface area contributed by atoms with Crippen LogP contribution in [0.5, 0.6) is 11.5 Å². The van der Waals surface area contributed by atoms with E-state index in [0.717, 1.165) is 0 Å². The lowest BCUT2D eigenvalue weighted by molar-refractivity contribution is -0.113. The predicted octanol–water partition coefficient (Wildman–Crippen LogP) is 2.14. The molecule has 3 aromatic rings. The van der Waals surface area contributed by atoms with E-state index in [1.807, 2.05) is 29.2 Å². The van der Waals surface area contributed by atoms with E-state index in [4.69, 9.17) is 9.47 Å². The fraction of sp³-hybridized carbons (Fsp3) is 0.188. The minimum Gasteiger partial charge on any atom is -0.493 e. The van der Waals surface area contributed by atoms with Gasteiger partial charge in [-0.15, -0.1) is 10.2 Å². The Morgan fingerprint density at radius 1 is 1.20 bits per heavy atom. The molecule has 8 nitrogen and oxygen atoms in total. The molecule has 25 heavy (non-hydrogen) atoms. The first-order chi connectivity index (χ1) is 12.2. The molecular weight excluding hydrogens is 342 g/mol. The van der Waals surface area contributed by atoms with Crippen LogP contribution in [0.3, 0.4) is 0 Å². The van der Waals surface area contributed by atoms with Gasteiger partial charge in [0.15, 0.2) is 11.5 Å². The van der Waals surface area contributed by atoms with Crippen LogP contribution >= 0.6 is 11.8 Å². The Morgan fingerprint density at radius 2 is 1.96 bits per heavy atom. The van der Waals surface area contributed by atoms with Crippen LogP contribution in [0.4, 0.5) is 5.69 Å². The zero-order valence-electron chi connectivity index (χ0n) is 13.7. The molecule has 0 atom stereocenters. The van der Waals surface area contributed by atoms with Gasteiger partial charge in [-0.2, -0.15) is 0 Å². The second-order valence-corrected chi connectivity index (χ2v) is 5.87. The first-order valence-corrected chi connectivity index (χ1v) is 8.38. The predicted molar refractivity (Wildman–Crippen MR) is 94.1 cm³/mol. The van der Waals surface area contributed by atoms with Gasteiger partial charge in [0.25, 0.3) is 0 Å². The maximum absolute atomic E-state index is 12.2. The second-order valence-electron chi connectivity index (χ2n) is 4.93. The van der Waals surface area contributed by atoms with Crippen molar-refractivity contribution in [1.29, 1.82) is 0 Å². The summed E-state index contributed by atoms with van der Waals surface area (Å²) in [7, 11) is 3.11. The van der Waals surface area contributed by atoms with Crippen LogP contribution in [0.15, 0.2) is 54.2 Å². The van der Waals surface area contributed by atoms with E-state index in [-0.39, 0.29) is 11.7 Å². The molecule has 0 aliphatic heterocycles. The van der Waals surface area contributed by atoms with Crippen molar-refractivity contribution in [3.63, 3.8) is 0 Å². The topological polar surface area (TPSA) is 83.2 Å².